The van der Waals surface area contributed by atoms with Crippen molar-refractivity contribution in [2.45, 2.75) is 32.8 Å². The van der Waals surface area contributed by atoms with Gasteiger partial charge >= 0.3 is 0 Å². The van der Waals surface area contributed by atoms with Crippen LogP contribution >= 0.6 is 0 Å². The summed E-state index contributed by atoms with van der Waals surface area (Å²) < 4.78 is 18.7. The van der Waals surface area contributed by atoms with Crippen molar-refractivity contribution in [2.75, 3.05) is 7.11 Å². The number of aliphatic hydroxyl groups is 1. The monoisotopic (exact) mass is 288 g/mol. The fraction of sp³-hybridized carbons (Fsp3) is 0.333. The molecule has 1 unspecified atom stereocenters. The van der Waals surface area contributed by atoms with E-state index in [1.807, 2.05) is 26.0 Å². The fourth-order valence-electron chi connectivity index (χ4n) is 2.61. The average molecular weight is 288 g/mol. The Bertz CT molecular complexity index is 627. The molecule has 1 atom stereocenters. The van der Waals surface area contributed by atoms with Gasteiger partial charge in [0.05, 0.1) is 12.7 Å². The first-order valence-electron chi connectivity index (χ1n) is 6.95. The van der Waals surface area contributed by atoms with Crippen molar-refractivity contribution in [3.63, 3.8) is 0 Å². The number of aryl methyl sites for hydroxylation is 2. The quantitative estimate of drug-likeness (QED) is 0.924. The van der Waals surface area contributed by atoms with Gasteiger partial charge in [-0.25, -0.2) is 4.39 Å². The normalized spacial score (nSPS) is 13.8. The fourth-order valence-corrected chi connectivity index (χ4v) is 2.61. The molecule has 1 N–H and O–H groups in total. The van der Waals surface area contributed by atoms with Gasteiger partial charge in [-0.2, -0.15) is 0 Å². The molecule has 112 valence electrons. The molecule has 2 nitrogen and oxygen atoms in total. The average Bonchev–Trinajstić information content (AvgIpc) is 2.37. The summed E-state index contributed by atoms with van der Waals surface area (Å²) in [5, 5.41) is 10.8. The van der Waals surface area contributed by atoms with Crippen LogP contribution in [0.1, 0.15) is 29.2 Å². The van der Waals surface area contributed by atoms with Gasteiger partial charge in [0.15, 0.2) is 11.6 Å². The van der Waals surface area contributed by atoms with Crippen LogP contribution in [0.25, 0.3) is 0 Å². The molecule has 21 heavy (non-hydrogen) atoms. The largest absolute Gasteiger partial charge is 0.494 e. The molecule has 0 bridgehead atoms. The summed E-state index contributed by atoms with van der Waals surface area (Å²) in [5.41, 5.74) is 2.74. The Hall–Kier alpha value is -1.87. The Balaban J connectivity index is 2.30. The van der Waals surface area contributed by atoms with Crippen molar-refractivity contribution in [3.8, 4) is 5.75 Å². The lowest BCUT2D eigenvalue weighted by molar-refractivity contribution is 0.0574. The number of hydrogen-bond donors (Lipinski definition) is 1. The van der Waals surface area contributed by atoms with E-state index in [1.165, 1.54) is 13.2 Å². The third-order valence-corrected chi connectivity index (χ3v) is 3.61. The van der Waals surface area contributed by atoms with Crippen LogP contribution in [0.2, 0.25) is 0 Å². The molecule has 0 saturated carbocycles. The van der Waals surface area contributed by atoms with Crippen molar-refractivity contribution >= 4 is 0 Å². The first kappa shape index (κ1) is 15.5. The predicted molar refractivity (Wildman–Crippen MR) is 82.1 cm³/mol. The first-order valence-corrected chi connectivity index (χ1v) is 6.95. The van der Waals surface area contributed by atoms with Crippen LogP contribution in [0, 0.1) is 19.7 Å². The molecule has 3 heteroatoms. The number of methoxy groups -OCH3 is 1. The van der Waals surface area contributed by atoms with Crippen molar-refractivity contribution in [2.24, 2.45) is 0 Å². The van der Waals surface area contributed by atoms with Crippen molar-refractivity contribution in [1.82, 2.24) is 0 Å². The topological polar surface area (TPSA) is 29.5 Å². The molecule has 0 radical (unpaired) electrons. The molecule has 2 rings (SSSR count). The molecule has 0 aliphatic carbocycles. The van der Waals surface area contributed by atoms with Crippen molar-refractivity contribution in [3.05, 3.63) is 64.5 Å². The molecule has 2 aromatic rings. The lowest BCUT2D eigenvalue weighted by atomic mass is 9.87. The minimum atomic E-state index is -1.04. The number of hydrogen-bond acceptors (Lipinski definition) is 2. The summed E-state index contributed by atoms with van der Waals surface area (Å²) in [7, 11) is 1.43. The molecule has 0 heterocycles. The first-order chi connectivity index (χ1) is 9.81. The molecule has 0 spiro atoms. The van der Waals surface area contributed by atoms with Crippen LogP contribution in [0.5, 0.6) is 5.75 Å². The van der Waals surface area contributed by atoms with Crippen LogP contribution in [-0.4, -0.2) is 12.2 Å². The van der Waals surface area contributed by atoms with E-state index in [-0.39, 0.29) is 5.75 Å². The van der Waals surface area contributed by atoms with Crippen LogP contribution in [-0.2, 0) is 12.0 Å². The Morgan fingerprint density at radius 2 is 1.71 bits per heavy atom. The molecule has 0 amide bonds. The van der Waals surface area contributed by atoms with E-state index in [9.17, 15) is 9.50 Å². The molecule has 0 fully saturated rings. The van der Waals surface area contributed by atoms with Gasteiger partial charge in [-0.1, -0.05) is 35.4 Å². The third kappa shape index (κ3) is 3.61. The summed E-state index contributed by atoms with van der Waals surface area (Å²) in [4.78, 5) is 0. The minimum absolute atomic E-state index is 0.213. The Morgan fingerprint density at radius 3 is 2.24 bits per heavy atom. The molecule has 0 saturated heterocycles. The van der Waals surface area contributed by atoms with E-state index in [4.69, 9.17) is 4.74 Å². The maximum absolute atomic E-state index is 13.7. The van der Waals surface area contributed by atoms with E-state index < -0.39 is 11.4 Å². The zero-order valence-corrected chi connectivity index (χ0v) is 12.9. The maximum atomic E-state index is 13.7. The summed E-state index contributed by atoms with van der Waals surface area (Å²) >= 11 is 0. The summed E-state index contributed by atoms with van der Waals surface area (Å²) in [6, 6.07) is 10.8. The maximum Gasteiger partial charge on any atom is 0.165 e. The SMILES string of the molecule is COc1ccc(CC(C)(O)c2cc(C)cc(C)c2)cc1F. The number of rotatable bonds is 4. The van der Waals surface area contributed by atoms with Gasteiger partial charge in [-0.3, -0.25) is 0 Å². The van der Waals surface area contributed by atoms with E-state index in [0.717, 1.165) is 22.3 Å². The second-order valence-corrected chi connectivity index (χ2v) is 5.80. The Morgan fingerprint density at radius 1 is 1.10 bits per heavy atom. The highest BCUT2D eigenvalue weighted by Crippen LogP contribution is 2.28. The van der Waals surface area contributed by atoms with Gasteiger partial charge < -0.3 is 9.84 Å². The molecule has 2 aromatic carbocycles. The highest BCUT2D eigenvalue weighted by Gasteiger charge is 2.24. The second kappa shape index (κ2) is 5.86. The lowest BCUT2D eigenvalue weighted by Gasteiger charge is -2.25. The minimum Gasteiger partial charge on any atom is -0.494 e. The van der Waals surface area contributed by atoms with E-state index in [2.05, 4.69) is 6.07 Å². The zero-order valence-electron chi connectivity index (χ0n) is 12.9. The molecular formula is C18H21FO2. The van der Waals surface area contributed by atoms with Gasteiger partial charge in [-0.15, -0.1) is 0 Å². The van der Waals surface area contributed by atoms with Gasteiger partial charge in [0.25, 0.3) is 0 Å². The van der Waals surface area contributed by atoms with Crippen LogP contribution < -0.4 is 4.74 Å². The van der Waals surface area contributed by atoms with Crippen molar-refractivity contribution in [1.29, 1.82) is 0 Å². The van der Waals surface area contributed by atoms with Crippen LogP contribution in [0.4, 0.5) is 4.39 Å². The van der Waals surface area contributed by atoms with Gasteiger partial charge in [-0.05, 0) is 44.0 Å². The summed E-state index contributed by atoms with van der Waals surface area (Å²) in [6.45, 7) is 5.75. The Kier molecular flexibility index (Phi) is 4.33. The van der Waals surface area contributed by atoms with Crippen LogP contribution in [0.15, 0.2) is 36.4 Å². The lowest BCUT2D eigenvalue weighted by Crippen LogP contribution is -2.24. The molecular weight excluding hydrogens is 267 g/mol. The van der Waals surface area contributed by atoms with Gasteiger partial charge in [0.2, 0.25) is 0 Å². The predicted octanol–water partition coefficient (Wildman–Crippen LogP) is 3.90. The highest BCUT2D eigenvalue weighted by molar-refractivity contribution is 5.35. The summed E-state index contributed by atoms with van der Waals surface area (Å²) in [6.07, 6.45) is 0.344. The standard InChI is InChI=1S/C18H21FO2/c1-12-7-13(2)9-15(8-12)18(3,20)11-14-5-6-17(21-4)16(19)10-14/h5-10,20H,11H2,1-4H3. The number of halogens is 1. The van der Waals surface area contributed by atoms with E-state index in [1.54, 1.807) is 19.1 Å². The zero-order chi connectivity index (χ0) is 15.6. The molecule has 0 aliphatic rings. The van der Waals surface area contributed by atoms with E-state index >= 15 is 0 Å². The molecule has 0 aromatic heterocycles. The van der Waals surface area contributed by atoms with Gasteiger partial charge in [0, 0.05) is 6.42 Å². The van der Waals surface area contributed by atoms with Crippen LogP contribution in [0.3, 0.4) is 0 Å². The third-order valence-electron chi connectivity index (χ3n) is 3.61. The van der Waals surface area contributed by atoms with Crippen molar-refractivity contribution < 1.29 is 14.2 Å². The highest BCUT2D eigenvalue weighted by atomic mass is 19.1. The number of ether oxygens (including phenoxy) is 1. The van der Waals surface area contributed by atoms with E-state index in [0.29, 0.717) is 6.42 Å². The Labute approximate surface area is 125 Å². The second-order valence-electron chi connectivity index (χ2n) is 5.80. The molecule has 0 aliphatic heterocycles. The van der Waals surface area contributed by atoms with Gasteiger partial charge in [0.1, 0.15) is 0 Å². The number of benzene rings is 2. The summed E-state index contributed by atoms with van der Waals surface area (Å²) in [5.74, 6) is -0.198. The smallest absolute Gasteiger partial charge is 0.165 e.